The van der Waals surface area contributed by atoms with Crippen LogP contribution in [0.5, 0.6) is 0 Å². The summed E-state index contributed by atoms with van der Waals surface area (Å²) in [6.07, 6.45) is 0. The van der Waals surface area contributed by atoms with Gasteiger partial charge in [-0.3, -0.25) is 4.79 Å². The maximum atomic E-state index is 13.2. The second-order valence-corrected chi connectivity index (χ2v) is 7.75. The largest absolute Gasteiger partial charge is 0.353 e. The summed E-state index contributed by atoms with van der Waals surface area (Å²) in [6, 6.07) is 17.1. The van der Waals surface area contributed by atoms with E-state index in [0.717, 1.165) is 16.9 Å². The Bertz CT molecular complexity index is 1340. The summed E-state index contributed by atoms with van der Waals surface area (Å²) in [4.78, 5) is 32.3. The van der Waals surface area contributed by atoms with Crippen molar-refractivity contribution in [2.24, 2.45) is 0 Å². The molecule has 8 heteroatoms. The minimum absolute atomic E-state index is 0.161. The molecule has 0 bridgehead atoms. The monoisotopic (exact) mass is 430 g/mol. The number of nitrogens with zero attached hydrogens (tertiary/aromatic N) is 5. The maximum absolute atomic E-state index is 13.2. The van der Waals surface area contributed by atoms with Crippen LogP contribution in [0.4, 0.5) is 17.3 Å². The number of amides is 1. The van der Waals surface area contributed by atoms with Gasteiger partial charge in [0.2, 0.25) is 11.9 Å². The number of carbonyl (C=O) groups is 1. The molecule has 4 aromatic rings. The molecule has 164 valence electrons. The average Bonchev–Trinajstić information content (AvgIpc) is 3.07. The topological polar surface area (TPSA) is 84.5 Å². The zero-order chi connectivity index (χ0) is 22.8. The van der Waals surface area contributed by atoms with Gasteiger partial charge < -0.3 is 10.2 Å². The number of rotatable bonds is 6. The molecule has 4 rings (SSSR count). The van der Waals surface area contributed by atoms with Crippen molar-refractivity contribution in [2.75, 3.05) is 16.8 Å². The molecule has 1 amide bonds. The van der Waals surface area contributed by atoms with Gasteiger partial charge in [-0.15, -0.1) is 5.10 Å². The average molecular weight is 431 g/mol. The highest BCUT2D eigenvalue weighted by atomic mass is 16.2. The third-order valence-corrected chi connectivity index (χ3v) is 5.43. The summed E-state index contributed by atoms with van der Waals surface area (Å²) in [7, 11) is 0. The standard InChI is InChI=1S/C24H26N6O2/c1-5-28(20-9-7-6-8-10-20)22(31)15-29-24(32)30-21(27-29)14-18(4)25-23(30)26-19-12-11-16(2)17(3)13-19/h6-14H,5,15H2,1-4H3,(H,25,26). The molecule has 0 spiro atoms. The van der Waals surface area contributed by atoms with Crippen LogP contribution in [0.15, 0.2) is 59.4 Å². The van der Waals surface area contributed by atoms with Crippen molar-refractivity contribution >= 4 is 28.9 Å². The number of aryl methyl sites for hydroxylation is 3. The summed E-state index contributed by atoms with van der Waals surface area (Å²) in [5, 5.41) is 7.62. The fraction of sp³-hybridized carbons (Fsp3) is 0.250. The number of nitrogens with one attached hydrogen (secondary N) is 1. The van der Waals surface area contributed by atoms with Crippen molar-refractivity contribution in [3.05, 3.63) is 81.9 Å². The zero-order valence-electron chi connectivity index (χ0n) is 18.7. The Kier molecular flexibility index (Phi) is 5.77. The molecule has 0 saturated carbocycles. The van der Waals surface area contributed by atoms with E-state index in [2.05, 4.69) is 15.4 Å². The third-order valence-electron chi connectivity index (χ3n) is 5.43. The van der Waals surface area contributed by atoms with Gasteiger partial charge in [0.1, 0.15) is 6.54 Å². The molecule has 0 aliphatic rings. The van der Waals surface area contributed by atoms with Gasteiger partial charge in [0, 0.05) is 29.7 Å². The molecule has 0 fully saturated rings. The Hall–Kier alpha value is -3.94. The van der Waals surface area contributed by atoms with Crippen LogP contribution in [0.3, 0.4) is 0 Å². The molecule has 0 atom stereocenters. The van der Waals surface area contributed by atoms with Crippen molar-refractivity contribution in [3.8, 4) is 0 Å². The van der Waals surface area contributed by atoms with Gasteiger partial charge in [0.15, 0.2) is 5.65 Å². The normalized spacial score (nSPS) is 11.0. The Morgan fingerprint density at radius 2 is 1.78 bits per heavy atom. The number of anilines is 3. The van der Waals surface area contributed by atoms with Crippen LogP contribution in [0, 0.1) is 20.8 Å². The van der Waals surface area contributed by atoms with E-state index in [0.29, 0.717) is 23.8 Å². The number of carbonyl (C=O) groups excluding carboxylic acids is 1. The second kappa shape index (κ2) is 8.66. The highest BCUT2D eigenvalue weighted by Crippen LogP contribution is 2.19. The minimum Gasteiger partial charge on any atom is -0.325 e. The first kappa shape index (κ1) is 21.3. The molecule has 2 aromatic carbocycles. The number of benzene rings is 2. The van der Waals surface area contributed by atoms with Crippen molar-refractivity contribution in [3.63, 3.8) is 0 Å². The van der Waals surface area contributed by atoms with Crippen molar-refractivity contribution in [2.45, 2.75) is 34.2 Å². The van der Waals surface area contributed by atoms with E-state index < -0.39 is 5.69 Å². The smallest absolute Gasteiger partial charge is 0.325 e. The summed E-state index contributed by atoms with van der Waals surface area (Å²) in [5.41, 5.74) is 4.65. The number of aromatic nitrogens is 4. The summed E-state index contributed by atoms with van der Waals surface area (Å²) >= 11 is 0. The molecule has 0 saturated heterocycles. The Morgan fingerprint density at radius 1 is 1.03 bits per heavy atom. The lowest BCUT2D eigenvalue weighted by Crippen LogP contribution is -2.36. The molecule has 0 radical (unpaired) electrons. The molecule has 2 aromatic heterocycles. The van der Waals surface area contributed by atoms with E-state index in [-0.39, 0.29) is 12.5 Å². The molecule has 32 heavy (non-hydrogen) atoms. The second-order valence-electron chi connectivity index (χ2n) is 7.75. The van der Waals surface area contributed by atoms with Gasteiger partial charge in [-0.1, -0.05) is 24.3 Å². The van der Waals surface area contributed by atoms with Crippen molar-refractivity contribution < 1.29 is 4.79 Å². The molecular formula is C24H26N6O2. The minimum atomic E-state index is -0.420. The highest BCUT2D eigenvalue weighted by Gasteiger charge is 2.19. The van der Waals surface area contributed by atoms with E-state index in [1.807, 2.05) is 76.2 Å². The number of hydrogen-bond donors (Lipinski definition) is 1. The molecule has 0 aliphatic carbocycles. The third kappa shape index (κ3) is 4.12. The lowest BCUT2D eigenvalue weighted by atomic mass is 10.1. The first-order valence-corrected chi connectivity index (χ1v) is 10.5. The number of fused-ring (bicyclic) bond motifs is 1. The zero-order valence-corrected chi connectivity index (χ0v) is 18.7. The van der Waals surface area contributed by atoms with E-state index in [9.17, 15) is 9.59 Å². The molecule has 0 aliphatic heterocycles. The molecule has 1 N–H and O–H groups in total. The van der Waals surface area contributed by atoms with Crippen LogP contribution in [0.25, 0.3) is 5.65 Å². The Morgan fingerprint density at radius 3 is 2.47 bits per heavy atom. The van der Waals surface area contributed by atoms with E-state index >= 15 is 0 Å². The van der Waals surface area contributed by atoms with Gasteiger partial charge in [0.05, 0.1) is 0 Å². The van der Waals surface area contributed by atoms with E-state index in [4.69, 9.17) is 0 Å². The molecular weight excluding hydrogens is 404 g/mol. The first-order valence-electron chi connectivity index (χ1n) is 10.5. The van der Waals surface area contributed by atoms with Crippen molar-refractivity contribution in [1.29, 1.82) is 0 Å². The van der Waals surface area contributed by atoms with E-state index in [1.54, 1.807) is 11.0 Å². The van der Waals surface area contributed by atoms with Gasteiger partial charge >= 0.3 is 5.69 Å². The summed E-state index contributed by atoms with van der Waals surface area (Å²) in [5.74, 6) is 0.153. The first-order chi connectivity index (χ1) is 15.4. The van der Waals surface area contributed by atoms with E-state index in [1.165, 1.54) is 14.6 Å². The number of hydrogen-bond acceptors (Lipinski definition) is 5. The van der Waals surface area contributed by atoms with Crippen LogP contribution in [-0.4, -0.2) is 31.6 Å². The SMILES string of the molecule is CCN(C(=O)Cn1nc2cc(C)nc(Nc3ccc(C)c(C)c3)n2c1=O)c1ccccc1. The fourth-order valence-electron chi connectivity index (χ4n) is 3.61. The predicted molar refractivity (Wildman–Crippen MR) is 126 cm³/mol. The van der Waals surface area contributed by atoms with Gasteiger partial charge in [-0.2, -0.15) is 0 Å². The molecule has 0 unspecified atom stereocenters. The lowest BCUT2D eigenvalue weighted by Gasteiger charge is -2.20. The maximum Gasteiger partial charge on any atom is 0.353 e. The van der Waals surface area contributed by atoms with Gasteiger partial charge in [0.25, 0.3) is 0 Å². The predicted octanol–water partition coefficient (Wildman–Crippen LogP) is 3.61. The molecule has 8 nitrogen and oxygen atoms in total. The lowest BCUT2D eigenvalue weighted by molar-refractivity contribution is -0.119. The Labute approximate surface area is 186 Å². The Balaban J connectivity index is 1.69. The van der Waals surface area contributed by atoms with Crippen LogP contribution < -0.4 is 15.9 Å². The van der Waals surface area contributed by atoms with Crippen LogP contribution in [-0.2, 0) is 11.3 Å². The van der Waals surface area contributed by atoms with Crippen LogP contribution in [0.1, 0.15) is 23.7 Å². The van der Waals surface area contributed by atoms with Crippen LogP contribution >= 0.6 is 0 Å². The van der Waals surface area contributed by atoms with Gasteiger partial charge in [-0.05, 0) is 63.1 Å². The number of likely N-dealkylation sites (N-methyl/N-ethyl adjacent to an activating group) is 1. The summed E-state index contributed by atoms with van der Waals surface area (Å²) < 4.78 is 2.59. The summed E-state index contributed by atoms with van der Waals surface area (Å²) in [6.45, 7) is 8.14. The van der Waals surface area contributed by atoms with Crippen molar-refractivity contribution in [1.82, 2.24) is 19.2 Å². The quantitative estimate of drug-likeness (QED) is 0.505. The molecule has 2 heterocycles. The van der Waals surface area contributed by atoms with Crippen LogP contribution in [0.2, 0.25) is 0 Å². The van der Waals surface area contributed by atoms with Gasteiger partial charge in [-0.25, -0.2) is 18.9 Å². The fourth-order valence-corrected chi connectivity index (χ4v) is 3.61. The highest BCUT2D eigenvalue weighted by molar-refractivity contribution is 5.93. The number of para-hydroxylation sites is 1.